The van der Waals surface area contributed by atoms with Crippen LogP contribution in [0.1, 0.15) is 13.3 Å². The molecule has 2 N–H and O–H groups in total. The number of anilines is 1. The lowest BCUT2D eigenvalue weighted by Crippen LogP contribution is -2.39. The van der Waals surface area contributed by atoms with Crippen molar-refractivity contribution < 1.29 is 9.53 Å². The Balaban J connectivity index is 2.33. The van der Waals surface area contributed by atoms with E-state index in [-0.39, 0.29) is 5.91 Å². The first-order valence-corrected chi connectivity index (χ1v) is 6.88. The average Bonchev–Trinajstić information content (AvgIpc) is 2.37. The SMILES string of the molecule is COc1ccc2c(c1)SC(C)CN2C(=O)CCN. The van der Waals surface area contributed by atoms with Crippen LogP contribution in [-0.4, -0.2) is 31.4 Å². The number of rotatable bonds is 3. The summed E-state index contributed by atoms with van der Waals surface area (Å²) in [5.41, 5.74) is 6.43. The number of hydrogen-bond acceptors (Lipinski definition) is 4. The van der Waals surface area contributed by atoms with Crippen LogP contribution in [0.5, 0.6) is 5.75 Å². The van der Waals surface area contributed by atoms with Gasteiger partial charge in [-0.3, -0.25) is 4.79 Å². The van der Waals surface area contributed by atoms with E-state index in [1.54, 1.807) is 18.9 Å². The molecule has 1 heterocycles. The van der Waals surface area contributed by atoms with E-state index < -0.39 is 0 Å². The first kappa shape index (κ1) is 13.2. The molecule has 0 radical (unpaired) electrons. The zero-order chi connectivity index (χ0) is 13.1. The lowest BCUT2D eigenvalue weighted by atomic mass is 10.2. The molecule has 1 aliphatic rings. The van der Waals surface area contributed by atoms with Gasteiger partial charge in [-0.25, -0.2) is 0 Å². The largest absolute Gasteiger partial charge is 0.497 e. The number of carbonyl (C=O) groups is 1. The third-order valence-corrected chi connectivity index (χ3v) is 4.02. The maximum atomic E-state index is 12.1. The lowest BCUT2D eigenvalue weighted by molar-refractivity contribution is -0.118. The van der Waals surface area contributed by atoms with Gasteiger partial charge in [0.2, 0.25) is 5.91 Å². The molecule has 4 nitrogen and oxygen atoms in total. The van der Waals surface area contributed by atoms with Gasteiger partial charge in [0.1, 0.15) is 5.75 Å². The number of nitrogens with two attached hydrogens (primary N) is 1. The van der Waals surface area contributed by atoms with Crippen LogP contribution in [0.2, 0.25) is 0 Å². The van der Waals surface area contributed by atoms with Crippen LogP contribution in [0.15, 0.2) is 23.1 Å². The summed E-state index contributed by atoms with van der Waals surface area (Å²) in [4.78, 5) is 15.0. The Kier molecular flexibility index (Phi) is 4.14. The van der Waals surface area contributed by atoms with Crippen molar-refractivity contribution >= 4 is 23.4 Å². The maximum absolute atomic E-state index is 12.1. The van der Waals surface area contributed by atoms with Gasteiger partial charge in [0, 0.05) is 29.7 Å². The summed E-state index contributed by atoms with van der Waals surface area (Å²) in [6, 6.07) is 5.82. The van der Waals surface area contributed by atoms with Crippen LogP contribution >= 0.6 is 11.8 Å². The molecule has 1 aliphatic heterocycles. The van der Waals surface area contributed by atoms with Crippen LogP contribution in [-0.2, 0) is 4.79 Å². The molecular formula is C13H18N2O2S. The molecule has 1 atom stereocenters. The molecule has 1 unspecified atom stereocenters. The fraction of sp³-hybridized carbons (Fsp3) is 0.462. The normalized spacial score (nSPS) is 18.4. The quantitative estimate of drug-likeness (QED) is 0.907. The number of hydrogen-bond donors (Lipinski definition) is 1. The van der Waals surface area contributed by atoms with Crippen LogP contribution < -0.4 is 15.4 Å². The van der Waals surface area contributed by atoms with Crippen molar-refractivity contribution in [3.8, 4) is 5.75 Å². The van der Waals surface area contributed by atoms with Gasteiger partial charge < -0.3 is 15.4 Å². The highest BCUT2D eigenvalue weighted by Gasteiger charge is 2.26. The molecule has 0 saturated heterocycles. The molecule has 0 aliphatic carbocycles. The number of thioether (sulfide) groups is 1. The summed E-state index contributed by atoms with van der Waals surface area (Å²) >= 11 is 1.78. The topological polar surface area (TPSA) is 55.6 Å². The molecule has 2 rings (SSSR count). The van der Waals surface area contributed by atoms with E-state index in [2.05, 4.69) is 6.92 Å². The molecule has 1 aromatic carbocycles. The Morgan fingerprint density at radius 1 is 1.61 bits per heavy atom. The van der Waals surface area contributed by atoms with Gasteiger partial charge in [0.15, 0.2) is 0 Å². The Morgan fingerprint density at radius 3 is 3.06 bits per heavy atom. The highest BCUT2D eigenvalue weighted by Crippen LogP contribution is 2.40. The first-order chi connectivity index (χ1) is 8.65. The number of carbonyl (C=O) groups excluding carboxylic acids is 1. The van der Waals surface area contributed by atoms with E-state index in [0.29, 0.717) is 18.2 Å². The number of ether oxygens (including phenoxy) is 1. The molecule has 0 bridgehead atoms. The standard InChI is InChI=1S/C13H18N2O2S/c1-9-8-15(13(16)5-6-14)11-4-3-10(17-2)7-12(11)18-9/h3-4,7,9H,5-6,8,14H2,1-2H3. The van der Waals surface area contributed by atoms with Gasteiger partial charge in [-0.05, 0) is 18.2 Å². The van der Waals surface area contributed by atoms with Crippen molar-refractivity contribution in [3.63, 3.8) is 0 Å². The summed E-state index contributed by atoms with van der Waals surface area (Å²) < 4.78 is 5.22. The summed E-state index contributed by atoms with van der Waals surface area (Å²) in [6.45, 7) is 3.25. The van der Waals surface area contributed by atoms with Crippen LogP contribution in [0.3, 0.4) is 0 Å². The van der Waals surface area contributed by atoms with Gasteiger partial charge in [-0.1, -0.05) is 6.92 Å². The summed E-state index contributed by atoms with van der Waals surface area (Å²) in [5, 5.41) is 0.381. The van der Waals surface area contributed by atoms with Gasteiger partial charge in [-0.15, -0.1) is 11.8 Å². The molecule has 5 heteroatoms. The van der Waals surface area contributed by atoms with Crippen molar-refractivity contribution in [2.75, 3.05) is 25.1 Å². The van der Waals surface area contributed by atoms with E-state index in [9.17, 15) is 4.79 Å². The minimum atomic E-state index is 0.0936. The van der Waals surface area contributed by atoms with Crippen LogP contribution in [0, 0.1) is 0 Å². The predicted octanol–water partition coefficient (Wildman–Crippen LogP) is 1.87. The Morgan fingerprint density at radius 2 is 2.39 bits per heavy atom. The minimum Gasteiger partial charge on any atom is -0.497 e. The number of nitrogens with zero attached hydrogens (tertiary/aromatic N) is 1. The van der Waals surface area contributed by atoms with E-state index in [1.165, 1.54) is 0 Å². The Labute approximate surface area is 111 Å². The monoisotopic (exact) mass is 266 g/mol. The fourth-order valence-electron chi connectivity index (χ4n) is 2.04. The lowest BCUT2D eigenvalue weighted by Gasteiger charge is -2.32. The van der Waals surface area contributed by atoms with Gasteiger partial charge in [0.25, 0.3) is 0 Å². The second kappa shape index (κ2) is 5.63. The molecule has 1 amide bonds. The molecule has 18 heavy (non-hydrogen) atoms. The van der Waals surface area contributed by atoms with Crippen molar-refractivity contribution in [2.45, 2.75) is 23.5 Å². The fourth-order valence-corrected chi connectivity index (χ4v) is 3.18. The second-order valence-corrected chi connectivity index (χ2v) is 5.79. The second-order valence-electron chi connectivity index (χ2n) is 4.31. The molecule has 0 spiro atoms. The summed E-state index contributed by atoms with van der Waals surface area (Å²) in [6.07, 6.45) is 0.392. The smallest absolute Gasteiger partial charge is 0.228 e. The third kappa shape index (κ3) is 2.62. The summed E-state index contributed by atoms with van der Waals surface area (Å²) in [5.74, 6) is 0.914. The molecule has 1 aromatic rings. The number of methoxy groups -OCH3 is 1. The zero-order valence-electron chi connectivity index (χ0n) is 10.7. The first-order valence-electron chi connectivity index (χ1n) is 6.01. The number of amides is 1. The molecule has 0 fully saturated rings. The predicted molar refractivity (Wildman–Crippen MR) is 74.3 cm³/mol. The maximum Gasteiger partial charge on any atom is 0.228 e. The number of fused-ring (bicyclic) bond motifs is 1. The van der Waals surface area contributed by atoms with Crippen LogP contribution in [0.4, 0.5) is 5.69 Å². The summed E-state index contributed by atoms with van der Waals surface area (Å²) in [7, 11) is 1.65. The minimum absolute atomic E-state index is 0.0936. The molecular weight excluding hydrogens is 248 g/mol. The highest BCUT2D eigenvalue weighted by atomic mass is 32.2. The van der Waals surface area contributed by atoms with Crippen molar-refractivity contribution in [1.29, 1.82) is 0 Å². The molecule has 0 aromatic heterocycles. The zero-order valence-corrected chi connectivity index (χ0v) is 11.5. The number of benzene rings is 1. The molecule has 0 saturated carbocycles. The van der Waals surface area contributed by atoms with E-state index in [0.717, 1.165) is 22.9 Å². The van der Waals surface area contributed by atoms with Crippen molar-refractivity contribution in [1.82, 2.24) is 0 Å². The average molecular weight is 266 g/mol. The molecule has 98 valence electrons. The van der Waals surface area contributed by atoms with Crippen LogP contribution in [0.25, 0.3) is 0 Å². The highest BCUT2D eigenvalue weighted by molar-refractivity contribution is 8.00. The van der Waals surface area contributed by atoms with E-state index in [4.69, 9.17) is 10.5 Å². The van der Waals surface area contributed by atoms with Crippen molar-refractivity contribution in [3.05, 3.63) is 18.2 Å². The van der Waals surface area contributed by atoms with E-state index >= 15 is 0 Å². The Bertz CT molecular complexity index is 451. The van der Waals surface area contributed by atoms with Crippen molar-refractivity contribution in [2.24, 2.45) is 5.73 Å². The third-order valence-electron chi connectivity index (χ3n) is 2.88. The van der Waals surface area contributed by atoms with Gasteiger partial charge in [-0.2, -0.15) is 0 Å². The van der Waals surface area contributed by atoms with Gasteiger partial charge in [0.05, 0.1) is 12.8 Å². The Hall–Kier alpha value is -1.20. The van der Waals surface area contributed by atoms with Gasteiger partial charge >= 0.3 is 0 Å². The van der Waals surface area contributed by atoms with E-state index in [1.807, 2.05) is 23.1 Å².